The van der Waals surface area contributed by atoms with Crippen molar-refractivity contribution >= 4 is 0 Å². The highest BCUT2D eigenvalue weighted by molar-refractivity contribution is 5.23. The van der Waals surface area contributed by atoms with Crippen LogP contribution in [0.1, 0.15) is 39.0 Å². The highest BCUT2D eigenvalue weighted by Gasteiger charge is 2.03. The van der Waals surface area contributed by atoms with Gasteiger partial charge in [0.2, 0.25) is 0 Å². The maximum atomic E-state index is 5.02. The molecule has 0 N–H and O–H groups in total. The van der Waals surface area contributed by atoms with Gasteiger partial charge in [0, 0.05) is 13.7 Å². The SMILES string of the molecule is COCCCCCC1=CC(C)CC=C1. The Morgan fingerprint density at radius 2 is 2.21 bits per heavy atom. The first-order valence-corrected chi connectivity index (χ1v) is 5.69. The predicted octanol–water partition coefficient (Wildman–Crippen LogP) is 3.72. The van der Waals surface area contributed by atoms with E-state index < -0.39 is 0 Å². The third-order valence-electron chi connectivity index (χ3n) is 2.65. The van der Waals surface area contributed by atoms with Crippen LogP contribution in [0.3, 0.4) is 0 Å². The Morgan fingerprint density at radius 1 is 1.36 bits per heavy atom. The first kappa shape index (κ1) is 11.5. The van der Waals surface area contributed by atoms with Gasteiger partial charge >= 0.3 is 0 Å². The van der Waals surface area contributed by atoms with Crippen molar-refractivity contribution in [2.75, 3.05) is 13.7 Å². The molecule has 1 rings (SSSR count). The van der Waals surface area contributed by atoms with Crippen LogP contribution in [0.2, 0.25) is 0 Å². The van der Waals surface area contributed by atoms with Crippen molar-refractivity contribution in [1.29, 1.82) is 0 Å². The summed E-state index contributed by atoms with van der Waals surface area (Å²) in [5.74, 6) is 0.744. The fourth-order valence-electron chi connectivity index (χ4n) is 1.84. The van der Waals surface area contributed by atoms with E-state index in [0.29, 0.717) is 0 Å². The molecule has 14 heavy (non-hydrogen) atoms. The molecular weight excluding hydrogens is 172 g/mol. The monoisotopic (exact) mass is 194 g/mol. The van der Waals surface area contributed by atoms with Crippen molar-refractivity contribution in [1.82, 2.24) is 0 Å². The summed E-state index contributed by atoms with van der Waals surface area (Å²) in [6, 6.07) is 0. The molecule has 0 aromatic rings. The van der Waals surface area contributed by atoms with E-state index in [0.717, 1.165) is 12.5 Å². The number of rotatable bonds is 6. The summed E-state index contributed by atoms with van der Waals surface area (Å²) in [7, 11) is 1.77. The Morgan fingerprint density at radius 3 is 2.93 bits per heavy atom. The van der Waals surface area contributed by atoms with Crippen molar-refractivity contribution in [3.63, 3.8) is 0 Å². The zero-order valence-corrected chi connectivity index (χ0v) is 9.46. The third kappa shape index (κ3) is 4.61. The van der Waals surface area contributed by atoms with Crippen molar-refractivity contribution < 1.29 is 4.74 Å². The van der Waals surface area contributed by atoms with E-state index in [4.69, 9.17) is 4.74 Å². The maximum Gasteiger partial charge on any atom is 0.0462 e. The van der Waals surface area contributed by atoms with E-state index in [9.17, 15) is 0 Å². The minimum atomic E-state index is 0.744. The van der Waals surface area contributed by atoms with Gasteiger partial charge in [0.05, 0.1) is 0 Å². The Labute approximate surface area is 87.8 Å². The van der Waals surface area contributed by atoms with Gasteiger partial charge in [-0.3, -0.25) is 0 Å². The topological polar surface area (TPSA) is 9.23 Å². The summed E-state index contributed by atoms with van der Waals surface area (Å²) in [5.41, 5.74) is 1.53. The average Bonchev–Trinajstić information content (AvgIpc) is 2.18. The van der Waals surface area contributed by atoms with E-state index in [2.05, 4.69) is 25.2 Å². The van der Waals surface area contributed by atoms with Crippen LogP contribution < -0.4 is 0 Å². The van der Waals surface area contributed by atoms with E-state index in [-0.39, 0.29) is 0 Å². The van der Waals surface area contributed by atoms with Crippen molar-refractivity contribution in [3.05, 3.63) is 23.8 Å². The highest BCUT2D eigenvalue weighted by atomic mass is 16.5. The first-order chi connectivity index (χ1) is 6.83. The summed E-state index contributed by atoms with van der Waals surface area (Å²) in [6.45, 7) is 3.19. The second-order valence-corrected chi connectivity index (χ2v) is 4.16. The Kier molecular flexibility index (Phi) is 5.62. The maximum absolute atomic E-state index is 5.02. The molecule has 0 bridgehead atoms. The van der Waals surface area contributed by atoms with Gasteiger partial charge in [-0.2, -0.15) is 0 Å². The van der Waals surface area contributed by atoms with E-state index in [1.54, 1.807) is 7.11 Å². The minimum Gasteiger partial charge on any atom is -0.385 e. The Balaban J connectivity index is 2.09. The van der Waals surface area contributed by atoms with Crippen molar-refractivity contribution in [2.45, 2.75) is 39.0 Å². The molecule has 1 aliphatic carbocycles. The standard InChI is InChI=1S/C13H22O/c1-12-7-6-9-13(11-12)8-4-3-5-10-14-2/h6,9,11-12H,3-5,7-8,10H2,1-2H3. The van der Waals surface area contributed by atoms with Crippen molar-refractivity contribution in [3.8, 4) is 0 Å². The molecule has 0 saturated heterocycles. The zero-order chi connectivity index (χ0) is 10.2. The molecule has 0 aromatic heterocycles. The lowest BCUT2D eigenvalue weighted by Crippen LogP contribution is -1.95. The molecule has 0 saturated carbocycles. The highest BCUT2D eigenvalue weighted by Crippen LogP contribution is 2.20. The molecular formula is C13H22O. The number of allylic oxidation sites excluding steroid dienone is 4. The quantitative estimate of drug-likeness (QED) is 0.586. The molecule has 1 unspecified atom stereocenters. The van der Waals surface area contributed by atoms with Crippen molar-refractivity contribution in [2.24, 2.45) is 5.92 Å². The van der Waals surface area contributed by atoms with E-state index >= 15 is 0 Å². The summed E-state index contributed by atoms with van der Waals surface area (Å²) in [4.78, 5) is 0. The second kappa shape index (κ2) is 6.83. The average molecular weight is 194 g/mol. The molecule has 0 amide bonds. The molecule has 0 fully saturated rings. The molecule has 80 valence electrons. The lowest BCUT2D eigenvalue weighted by atomic mass is 9.95. The van der Waals surface area contributed by atoms with Crippen LogP contribution in [0.15, 0.2) is 23.8 Å². The summed E-state index contributed by atoms with van der Waals surface area (Å²) >= 11 is 0. The fourth-order valence-corrected chi connectivity index (χ4v) is 1.84. The van der Waals surface area contributed by atoms with Gasteiger partial charge < -0.3 is 4.74 Å². The number of hydrogen-bond donors (Lipinski definition) is 0. The van der Waals surface area contributed by atoms with Crippen LogP contribution in [0.25, 0.3) is 0 Å². The zero-order valence-electron chi connectivity index (χ0n) is 9.46. The van der Waals surface area contributed by atoms with Gasteiger partial charge in [-0.05, 0) is 31.6 Å². The summed E-state index contributed by atoms with van der Waals surface area (Å²) in [6.07, 6.45) is 13.2. The van der Waals surface area contributed by atoms with Crippen LogP contribution in [-0.2, 0) is 4.74 Å². The third-order valence-corrected chi connectivity index (χ3v) is 2.65. The molecule has 1 atom stereocenters. The van der Waals surface area contributed by atoms with Crippen LogP contribution in [0.4, 0.5) is 0 Å². The van der Waals surface area contributed by atoms with Crippen LogP contribution in [-0.4, -0.2) is 13.7 Å². The summed E-state index contributed by atoms with van der Waals surface area (Å²) in [5, 5.41) is 0. The normalized spacial score (nSPS) is 21.0. The van der Waals surface area contributed by atoms with Gasteiger partial charge in [0.1, 0.15) is 0 Å². The molecule has 0 spiro atoms. The molecule has 0 heterocycles. The first-order valence-electron chi connectivity index (χ1n) is 5.69. The van der Waals surface area contributed by atoms with Gasteiger partial charge in [-0.1, -0.05) is 37.1 Å². The molecule has 0 aliphatic heterocycles. The summed E-state index contributed by atoms with van der Waals surface area (Å²) < 4.78 is 5.02. The van der Waals surface area contributed by atoms with Gasteiger partial charge in [-0.15, -0.1) is 0 Å². The molecule has 1 nitrogen and oxygen atoms in total. The molecule has 0 radical (unpaired) electrons. The lowest BCUT2D eigenvalue weighted by Gasteiger charge is -2.11. The second-order valence-electron chi connectivity index (χ2n) is 4.16. The molecule has 0 aromatic carbocycles. The lowest BCUT2D eigenvalue weighted by molar-refractivity contribution is 0.192. The predicted molar refractivity (Wildman–Crippen MR) is 61.3 cm³/mol. The van der Waals surface area contributed by atoms with Gasteiger partial charge in [0.15, 0.2) is 0 Å². The Bertz CT molecular complexity index is 203. The number of hydrogen-bond acceptors (Lipinski definition) is 1. The van der Waals surface area contributed by atoms with Gasteiger partial charge in [-0.25, -0.2) is 0 Å². The molecule has 1 aliphatic rings. The smallest absolute Gasteiger partial charge is 0.0462 e. The van der Waals surface area contributed by atoms with Crippen LogP contribution >= 0.6 is 0 Å². The Hall–Kier alpha value is -0.560. The number of ether oxygens (including phenoxy) is 1. The number of unbranched alkanes of at least 4 members (excludes halogenated alkanes) is 2. The fraction of sp³-hybridized carbons (Fsp3) is 0.692. The largest absolute Gasteiger partial charge is 0.385 e. The minimum absolute atomic E-state index is 0.744. The molecule has 1 heteroatoms. The van der Waals surface area contributed by atoms with Crippen LogP contribution in [0, 0.1) is 5.92 Å². The van der Waals surface area contributed by atoms with Gasteiger partial charge in [0.25, 0.3) is 0 Å². The van der Waals surface area contributed by atoms with E-state index in [1.165, 1.54) is 37.7 Å². The van der Waals surface area contributed by atoms with E-state index in [1.807, 2.05) is 0 Å². The van der Waals surface area contributed by atoms with Crippen LogP contribution in [0.5, 0.6) is 0 Å². The number of methoxy groups -OCH3 is 1.